The molecule has 0 atom stereocenters. The second-order valence-corrected chi connectivity index (χ2v) is 8.57. The first-order valence-corrected chi connectivity index (χ1v) is 10.8. The molecule has 0 aliphatic heterocycles. The summed E-state index contributed by atoms with van der Waals surface area (Å²) in [7, 11) is 2.73. The summed E-state index contributed by atoms with van der Waals surface area (Å²) < 4.78 is 1.94. The van der Waals surface area contributed by atoms with Gasteiger partial charge in [0.15, 0.2) is 0 Å². The van der Waals surface area contributed by atoms with Crippen LogP contribution in [0.2, 0.25) is 0 Å². The molecule has 0 aliphatic rings. The summed E-state index contributed by atoms with van der Waals surface area (Å²) >= 11 is 0. The minimum absolute atomic E-state index is 0.178. The first-order chi connectivity index (χ1) is 16.4. The minimum atomic E-state index is -0.451. The maximum absolute atomic E-state index is 11.8. The Hall–Kier alpha value is -4.58. The van der Waals surface area contributed by atoms with Gasteiger partial charge < -0.3 is 0 Å². The maximum atomic E-state index is 11.8. The third kappa shape index (κ3) is 2.62. The molecule has 2 aromatic heterocycles. The summed E-state index contributed by atoms with van der Waals surface area (Å²) in [5.41, 5.74) is -1.81. The fraction of sp³-hybridized carbons (Fsp3) is 0.0714. The zero-order valence-corrected chi connectivity index (χ0v) is 18.5. The molecule has 2 heterocycles. The van der Waals surface area contributed by atoms with Gasteiger partial charge in [0.05, 0.1) is 21.5 Å². The standard InChI is InChI=1S/C16H10.C12H8N2O4/c1-3-11-7-9-13-5-2-6-14-10-8-12(4-1)15(11)16(13)14;1-13-9(15)5-3-7-8(4-6(5)10(13)16)12(18)14(2)11(7)17/h1-10H;3-4H,1-2H3. The molecule has 7 rings (SSSR count). The number of nitrogens with zero attached hydrogens (tertiary/aromatic N) is 2. The van der Waals surface area contributed by atoms with Crippen molar-refractivity contribution >= 4 is 53.9 Å². The average molecular weight is 446 g/mol. The molecule has 0 N–H and O–H groups in total. The van der Waals surface area contributed by atoms with Gasteiger partial charge in [0.1, 0.15) is 0 Å². The van der Waals surface area contributed by atoms with Gasteiger partial charge in [-0.15, -0.1) is 0 Å². The average Bonchev–Trinajstić information content (AvgIpc) is 3.21. The van der Waals surface area contributed by atoms with E-state index < -0.39 is 22.2 Å². The van der Waals surface area contributed by atoms with Crippen molar-refractivity contribution < 1.29 is 0 Å². The lowest BCUT2D eigenvalue weighted by Crippen LogP contribution is -2.21. The number of aromatic nitrogens is 2. The Morgan fingerprint density at radius 3 is 0.971 bits per heavy atom. The zero-order chi connectivity index (χ0) is 23.7. The first-order valence-electron chi connectivity index (χ1n) is 10.8. The Labute approximate surface area is 191 Å². The molecular formula is C28H18N2O4. The summed E-state index contributed by atoms with van der Waals surface area (Å²) in [6.07, 6.45) is 0. The van der Waals surface area contributed by atoms with E-state index in [2.05, 4.69) is 60.7 Å². The van der Waals surface area contributed by atoms with Crippen molar-refractivity contribution in [2.45, 2.75) is 0 Å². The lowest BCUT2D eigenvalue weighted by Gasteiger charge is -2.09. The van der Waals surface area contributed by atoms with Crippen LogP contribution in [-0.2, 0) is 14.1 Å². The van der Waals surface area contributed by atoms with Crippen molar-refractivity contribution in [2.24, 2.45) is 14.1 Å². The van der Waals surface area contributed by atoms with Crippen LogP contribution in [-0.4, -0.2) is 9.13 Å². The van der Waals surface area contributed by atoms with Crippen LogP contribution >= 0.6 is 0 Å². The molecule has 7 aromatic rings. The highest BCUT2D eigenvalue weighted by molar-refractivity contribution is 6.22. The second kappa shape index (κ2) is 6.96. The highest BCUT2D eigenvalue weighted by Crippen LogP contribution is 2.33. The van der Waals surface area contributed by atoms with E-state index >= 15 is 0 Å². The number of hydrogen-bond acceptors (Lipinski definition) is 4. The SMILES string of the molecule is Cn1c(=O)c2cc3c(=O)n(C)c(=O)c3cc2c1=O.c1cc2ccc3cccc4ccc(c1)c2c34. The van der Waals surface area contributed by atoms with Gasteiger partial charge in [0.25, 0.3) is 22.2 Å². The monoisotopic (exact) mass is 446 g/mol. The number of rotatable bonds is 0. The first kappa shape index (κ1) is 20.1. The second-order valence-electron chi connectivity index (χ2n) is 8.57. The van der Waals surface area contributed by atoms with Crippen LogP contribution in [0.5, 0.6) is 0 Å². The minimum Gasteiger partial charge on any atom is -0.277 e. The van der Waals surface area contributed by atoms with E-state index in [4.69, 9.17) is 0 Å². The van der Waals surface area contributed by atoms with Gasteiger partial charge in [-0.2, -0.15) is 0 Å². The molecule has 0 aliphatic carbocycles. The third-order valence-corrected chi connectivity index (χ3v) is 6.69. The van der Waals surface area contributed by atoms with Crippen molar-refractivity contribution in [2.75, 3.05) is 0 Å². The molecule has 0 amide bonds. The van der Waals surface area contributed by atoms with Crippen LogP contribution in [0, 0.1) is 0 Å². The predicted octanol–water partition coefficient (Wildman–Crippen LogP) is 3.57. The molecule has 5 aromatic carbocycles. The van der Waals surface area contributed by atoms with Crippen LogP contribution in [0.1, 0.15) is 0 Å². The molecule has 0 saturated carbocycles. The van der Waals surface area contributed by atoms with Gasteiger partial charge in [0, 0.05) is 14.1 Å². The Balaban J connectivity index is 0.000000128. The third-order valence-electron chi connectivity index (χ3n) is 6.69. The normalized spacial score (nSPS) is 11.7. The van der Waals surface area contributed by atoms with Crippen LogP contribution < -0.4 is 22.2 Å². The molecule has 6 nitrogen and oxygen atoms in total. The molecule has 34 heavy (non-hydrogen) atoms. The van der Waals surface area contributed by atoms with Crippen LogP contribution in [0.4, 0.5) is 0 Å². The molecule has 0 bridgehead atoms. The fourth-order valence-electron chi connectivity index (χ4n) is 4.88. The molecule has 0 saturated heterocycles. The summed E-state index contributed by atoms with van der Waals surface area (Å²) in [6, 6.07) is 24.5. The Morgan fingerprint density at radius 1 is 0.441 bits per heavy atom. The predicted molar refractivity (Wildman–Crippen MR) is 137 cm³/mol. The molecular weight excluding hydrogens is 428 g/mol. The summed E-state index contributed by atoms with van der Waals surface area (Å²) in [5, 5.41) is 8.86. The molecule has 0 radical (unpaired) electrons. The number of benzene rings is 5. The highest BCUT2D eigenvalue weighted by atomic mass is 16.2. The van der Waals surface area contributed by atoms with E-state index in [0.717, 1.165) is 9.13 Å². The summed E-state index contributed by atoms with van der Waals surface area (Å²) in [4.78, 5) is 47.1. The lowest BCUT2D eigenvalue weighted by molar-refractivity contribution is 0.854. The zero-order valence-electron chi connectivity index (χ0n) is 18.5. The van der Waals surface area contributed by atoms with Gasteiger partial charge in [-0.3, -0.25) is 28.3 Å². The van der Waals surface area contributed by atoms with Crippen LogP contribution in [0.25, 0.3) is 53.9 Å². The van der Waals surface area contributed by atoms with Crippen molar-refractivity contribution in [3.63, 3.8) is 0 Å². The van der Waals surface area contributed by atoms with Gasteiger partial charge in [0.2, 0.25) is 0 Å². The Morgan fingerprint density at radius 2 is 0.706 bits per heavy atom. The smallest absolute Gasteiger partial charge is 0.261 e. The van der Waals surface area contributed by atoms with Crippen LogP contribution in [0.3, 0.4) is 0 Å². The van der Waals surface area contributed by atoms with Gasteiger partial charge >= 0.3 is 0 Å². The largest absolute Gasteiger partial charge is 0.277 e. The molecule has 0 fully saturated rings. The van der Waals surface area contributed by atoms with Gasteiger partial charge in [-0.1, -0.05) is 60.7 Å². The van der Waals surface area contributed by atoms with Crippen LogP contribution in [0.15, 0.2) is 92.0 Å². The quantitative estimate of drug-likeness (QED) is 0.334. The van der Waals surface area contributed by atoms with E-state index in [1.807, 2.05) is 0 Å². The van der Waals surface area contributed by atoms with Gasteiger partial charge in [-0.25, -0.2) is 0 Å². The molecule has 0 unspecified atom stereocenters. The van der Waals surface area contributed by atoms with E-state index in [9.17, 15) is 19.2 Å². The van der Waals surface area contributed by atoms with Gasteiger partial charge in [-0.05, 0) is 44.5 Å². The lowest BCUT2D eigenvalue weighted by atomic mass is 9.95. The number of fused-ring (bicyclic) bond motifs is 2. The summed E-state index contributed by atoms with van der Waals surface area (Å²) in [5.74, 6) is 0. The van der Waals surface area contributed by atoms with Crippen molar-refractivity contribution in [3.05, 3.63) is 114 Å². The Kier molecular flexibility index (Phi) is 4.10. The Bertz CT molecular complexity index is 1830. The van der Waals surface area contributed by atoms with E-state index in [-0.39, 0.29) is 21.5 Å². The highest BCUT2D eigenvalue weighted by Gasteiger charge is 2.16. The van der Waals surface area contributed by atoms with E-state index in [0.29, 0.717) is 0 Å². The maximum Gasteiger partial charge on any atom is 0.261 e. The molecule has 6 heteroatoms. The fourth-order valence-corrected chi connectivity index (χ4v) is 4.88. The summed E-state index contributed by atoms with van der Waals surface area (Å²) in [6.45, 7) is 0. The van der Waals surface area contributed by atoms with Crippen molar-refractivity contribution in [3.8, 4) is 0 Å². The van der Waals surface area contributed by atoms with E-state index in [1.54, 1.807) is 0 Å². The van der Waals surface area contributed by atoms with Crippen molar-refractivity contribution in [1.29, 1.82) is 0 Å². The molecule has 164 valence electrons. The van der Waals surface area contributed by atoms with E-state index in [1.165, 1.54) is 58.5 Å². The topological polar surface area (TPSA) is 78.1 Å². The van der Waals surface area contributed by atoms with Crippen molar-refractivity contribution in [1.82, 2.24) is 9.13 Å². The molecule has 0 spiro atoms. The number of hydrogen-bond donors (Lipinski definition) is 0.